The second-order valence-corrected chi connectivity index (χ2v) is 6.39. The molecule has 1 nitrogen and oxygen atoms in total. The van der Waals surface area contributed by atoms with Crippen molar-refractivity contribution >= 4 is 0 Å². The van der Waals surface area contributed by atoms with E-state index in [1.165, 1.54) is 24.0 Å². The van der Waals surface area contributed by atoms with Crippen LogP contribution in [-0.2, 0) is 11.8 Å². The third-order valence-corrected chi connectivity index (χ3v) is 3.95. The second kappa shape index (κ2) is 6.38. The minimum Gasteiger partial charge on any atom is -0.327 e. The van der Waals surface area contributed by atoms with Crippen molar-refractivity contribution in [2.75, 3.05) is 0 Å². The van der Waals surface area contributed by atoms with E-state index in [1.54, 1.807) is 0 Å². The van der Waals surface area contributed by atoms with Gasteiger partial charge in [0.05, 0.1) is 0 Å². The molecule has 0 saturated heterocycles. The zero-order valence-corrected chi connectivity index (χ0v) is 12.7. The Hall–Kier alpha value is -0.820. The molecule has 0 aromatic heterocycles. The Morgan fingerprint density at radius 1 is 1.00 bits per heavy atom. The van der Waals surface area contributed by atoms with Gasteiger partial charge in [-0.1, -0.05) is 71.7 Å². The molecule has 0 fully saturated rings. The summed E-state index contributed by atoms with van der Waals surface area (Å²) in [5, 5.41) is 0. The van der Waals surface area contributed by atoms with Gasteiger partial charge in [-0.05, 0) is 28.9 Å². The topological polar surface area (TPSA) is 26.0 Å². The van der Waals surface area contributed by atoms with Crippen LogP contribution >= 0.6 is 0 Å². The first-order valence-electron chi connectivity index (χ1n) is 7.23. The van der Waals surface area contributed by atoms with E-state index in [1.807, 2.05) is 0 Å². The lowest BCUT2D eigenvalue weighted by Gasteiger charge is -2.22. The van der Waals surface area contributed by atoms with Gasteiger partial charge in [0, 0.05) is 6.04 Å². The van der Waals surface area contributed by atoms with E-state index in [2.05, 4.69) is 58.9 Å². The van der Waals surface area contributed by atoms with E-state index in [0.717, 1.165) is 6.42 Å². The highest BCUT2D eigenvalue weighted by atomic mass is 14.6. The van der Waals surface area contributed by atoms with Gasteiger partial charge >= 0.3 is 0 Å². The summed E-state index contributed by atoms with van der Waals surface area (Å²) in [6, 6.07) is 9.26. The highest BCUT2D eigenvalue weighted by Gasteiger charge is 2.16. The molecule has 1 heteroatoms. The summed E-state index contributed by atoms with van der Waals surface area (Å²) in [6.07, 6.45) is 3.35. The Morgan fingerprint density at radius 2 is 1.50 bits per heavy atom. The number of nitrogens with two attached hydrogens (primary N) is 1. The Kier molecular flexibility index (Phi) is 5.40. The van der Waals surface area contributed by atoms with Crippen molar-refractivity contribution in [3.05, 3.63) is 35.4 Å². The molecule has 0 spiro atoms. The average molecular weight is 247 g/mol. The van der Waals surface area contributed by atoms with E-state index >= 15 is 0 Å². The van der Waals surface area contributed by atoms with Crippen molar-refractivity contribution in [2.45, 2.75) is 65.3 Å². The van der Waals surface area contributed by atoms with Crippen molar-refractivity contribution in [3.63, 3.8) is 0 Å². The van der Waals surface area contributed by atoms with Gasteiger partial charge in [0.2, 0.25) is 0 Å². The molecule has 0 aliphatic rings. The number of rotatable bonds is 5. The summed E-state index contributed by atoms with van der Waals surface area (Å²) >= 11 is 0. The van der Waals surface area contributed by atoms with Crippen LogP contribution in [0.2, 0.25) is 0 Å². The van der Waals surface area contributed by atoms with Gasteiger partial charge in [0.1, 0.15) is 0 Å². The van der Waals surface area contributed by atoms with Crippen molar-refractivity contribution in [1.82, 2.24) is 0 Å². The third-order valence-electron chi connectivity index (χ3n) is 3.95. The number of benzene rings is 1. The summed E-state index contributed by atoms with van der Waals surface area (Å²) in [4.78, 5) is 0. The lowest BCUT2D eigenvalue weighted by atomic mass is 9.85. The fourth-order valence-corrected chi connectivity index (χ4v) is 2.47. The molecule has 1 unspecified atom stereocenters. The molecule has 0 aliphatic heterocycles. The van der Waals surface area contributed by atoms with Gasteiger partial charge in [-0.2, -0.15) is 0 Å². The monoisotopic (exact) mass is 247 g/mol. The van der Waals surface area contributed by atoms with Crippen LogP contribution in [0.25, 0.3) is 0 Å². The molecule has 0 amide bonds. The minimum absolute atomic E-state index is 0.232. The quantitative estimate of drug-likeness (QED) is 0.825. The Balaban J connectivity index is 2.69. The van der Waals surface area contributed by atoms with Gasteiger partial charge in [0.25, 0.3) is 0 Å². The maximum atomic E-state index is 6.29. The molecule has 1 atom stereocenters. The summed E-state index contributed by atoms with van der Waals surface area (Å²) in [5.41, 5.74) is 9.28. The van der Waals surface area contributed by atoms with Crippen LogP contribution in [0.15, 0.2) is 24.3 Å². The van der Waals surface area contributed by atoms with Crippen molar-refractivity contribution in [1.29, 1.82) is 0 Å². The van der Waals surface area contributed by atoms with Crippen LogP contribution in [0.4, 0.5) is 0 Å². The standard InChI is InChI=1S/C17H29N/c1-6-14(7-2)16(18)12-13-8-10-15(11-9-13)17(3,4)5/h8-11,14,16H,6-7,12,18H2,1-5H3. The number of hydrogen-bond acceptors (Lipinski definition) is 1. The molecule has 0 aliphatic carbocycles. The van der Waals surface area contributed by atoms with E-state index in [4.69, 9.17) is 5.73 Å². The first-order chi connectivity index (χ1) is 8.38. The molecular formula is C17H29N. The molecule has 2 N–H and O–H groups in total. The van der Waals surface area contributed by atoms with Gasteiger partial charge in [-0.3, -0.25) is 0 Å². The second-order valence-electron chi connectivity index (χ2n) is 6.39. The first-order valence-corrected chi connectivity index (χ1v) is 7.23. The molecule has 102 valence electrons. The largest absolute Gasteiger partial charge is 0.327 e. The molecule has 0 heterocycles. The molecule has 0 bridgehead atoms. The third kappa shape index (κ3) is 4.13. The first kappa shape index (κ1) is 15.2. The highest BCUT2D eigenvalue weighted by molar-refractivity contribution is 5.28. The molecule has 1 rings (SSSR count). The van der Waals surface area contributed by atoms with E-state index < -0.39 is 0 Å². The van der Waals surface area contributed by atoms with E-state index in [-0.39, 0.29) is 5.41 Å². The van der Waals surface area contributed by atoms with E-state index in [9.17, 15) is 0 Å². The zero-order chi connectivity index (χ0) is 13.8. The van der Waals surface area contributed by atoms with Crippen molar-refractivity contribution in [2.24, 2.45) is 11.7 Å². The summed E-state index contributed by atoms with van der Waals surface area (Å²) in [5.74, 6) is 0.646. The van der Waals surface area contributed by atoms with Crippen LogP contribution in [0.3, 0.4) is 0 Å². The fourth-order valence-electron chi connectivity index (χ4n) is 2.47. The Labute approximate surface area is 113 Å². The van der Waals surface area contributed by atoms with Gasteiger partial charge in [0.15, 0.2) is 0 Å². The summed E-state index contributed by atoms with van der Waals surface area (Å²) in [6.45, 7) is 11.2. The zero-order valence-electron chi connectivity index (χ0n) is 12.7. The molecule has 1 aromatic carbocycles. The molecule has 18 heavy (non-hydrogen) atoms. The maximum absolute atomic E-state index is 6.29. The van der Waals surface area contributed by atoms with Crippen LogP contribution in [-0.4, -0.2) is 6.04 Å². The number of hydrogen-bond donors (Lipinski definition) is 1. The Bertz CT molecular complexity index is 341. The smallest absolute Gasteiger partial charge is 0.0108 e. The lowest BCUT2D eigenvalue weighted by molar-refractivity contribution is 0.393. The van der Waals surface area contributed by atoms with Gasteiger partial charge < -0.3 is 5.73 Å². The van der Waals surface area contributed by atoms with Gasteiger partial charge in [-0.15, -0.1) is 0 Å². The van der Waals surface area contributed by atoms with E-state index in [0.29, 0.717) is 12.0 Å². The van der Waals surface area contributed by atoms with Crippen LogP contribution in [0.1, 0.15) is 58.6 Å². The van der Waals surface area contributed by atoms with Crippen molar-refractivity contribution in [3.8, 4) is 0 Å². The van der Waals surface area contributed by atoms with Crippen LogP contribution < -0.4 is 5.73 Å². The highest BCUT2D eigenvalue weighted by Crippen LogP contribution is 2.23. The fraction of sp³-hybridized carbons (Fsp3) is 0.647. The van der Waals surface area contributed by atoms with Crippen LogP contribution in [0.5, 0.6) is 0 Å². The maximum Gasteiger partial charge on any atom is 0.0108 e. The predicted molar refractivity (Wildman–Crippen MR) is 80.9 cm³/mol. The molecule has 0 saturated carbocycles. The van der Waals surface area contributed by atoms with Crippen LogP contribution in [0, 0.1) is 5.92 Å². The van der Waals surface area contributed by atoms with Gasteiger partial charge in [-0.25, -0.2) is 0 Å². The summed E-state index contributed by atoms with van der Waals surface area (Å²) in [7, 11) is 0. The lowest BCUT2D eigenvalue weighted by Crippen LogP contribution is -2.31. The van der Waals surface area contributed by atoms with Crippen molar-refractivity contribution < 1.29 is 0 Å². The molecular weight excluding hydrogens is 218 g/mol. The Morgan fingerprint density at radius 3 is 1.89 bits per heavy atom. The normalized spacial score (nSPS) is 13.9. The molecule has 1 aromatic rings. The average Bonchev–Trinajstić information content (AvgIpc) is 2.30. The minimum atomic E-state index is 0.232. The summed E-state index contributed by atoms with van der Waals surface area (Å²) < 4.78 is 0. The predicted octanol–water partition coefficient (Wildman–Crippen LogP) is 4.29. The SMILES string of the molecule is CCC(CC)C(N)Cc1ccc(C(C)(C)C)cc1. The molecule has 0 radical (unpaired) electrons.